The van der Waals surface area contributed by atoms with Gasteiger partial charge in [0.1, 0.15) is 17.2 Å². The fourth-order valence-corrected chi connectivity index (χ4v) is 3.49. The van der Waals surface area contributed by atoms with Gasteiger partial charge in [-0.1, -0.05) is 6.07 Å². The summed E-state index contributed by atoms with van der Waals surface area (Å²) < 4.78 is 23.1. The minimum atomic E-state index is -0.461. The fourth-order valence-electron chi connectivity index (χ4n) is 3.49. The molecule has 1 spiro atoms. The highest BCUT2D eigenvalue weighted by molar-refractivity contribution is 5.73. The van der Waals surface area contributed by atoms with Crippen molar-refractivity contribution >= 4 is 0 Å². The molecule has 0 saturated carbocycles. The minimum absolute atomic E-state index is 0.461. The second-order valence-corrected chi connectivity index (χ2v) is 6.44. The fraction of sp³-hybridized carbons (Fsp3) is 0.400. The van der Waals surface area contributed by atoms with Crippen molar-refractivity contribution in [2.75, 3.05) is 27.3 Å². The van der Waals surface area contributed by atoms with Crippen LogP contribution in [0.2, 0.25) is 0 Å². The van der Waals surface area contributed by atoms with E-state index in [0.717, 1.165) is 59.9 Å². The quantitative estimate of drug-likeness (QED) is 0.928. The molecule has 5 heteroatoms. The number of piperidine rings is 1. The van der Waals surface area contributed by atoms with Gasteiger partial charge in [-0.05, 0) is 29.8 Å². The molecule has 2 aromatic rings. The summed E-state index contributed by atoms with van der Waals surface area (Å²) in [7, 11) is 3.32. The normalized spacial score (nSPS) is 18.3. The molecule has 2 aliphatic rings. The lowest BCUT2D eigenvalue weighted by molar-refractivity contribution is -0.218. The lowest BCUT2D eigenvalue weighted by Crippen LogP contribution is -2.49. The Hall–Kier alpha value is -2.24. The van der Waals surface area contributed by atoms with Gasteiger partial charge in [-0.3, -0.25) is 0 Å². The van der Waals surface area contributed by atoms with Gasteiger partial charge < -0.3 is 24.3 Å². The van der Waals surface area contributed by atoms with E-state index in [0.29, 0.717) is 6.61 Å². The molecule has 1 saturated heterocycles. The van der Waals surface area contributed by atoms with Gasteiger partial charge in [-0.25, -0.2) is 0 Å². The zero-order valence-electron chi connectivity index (χ0n) is 14.6. The first-order valence-electron chi connectivity index (χ1n) is 8.62. The van der Waals surface area contributed by atoms with Gasteiger partial charge in [0.25, 0.3) is 0 Å². The molecular formula is C20H23NO4. The number of rotatable bonds is 3. The van der Waals surface area contributed by atoms with E-state index in [1.165, 1.54) is 0 Å². The molecule has 5 nitrogen and oxygen atoms in total. The van der Waals surface area contributed by atoms with E-state index in [9.17, 15) is 0 Å². The number of hydrogen-bond acceptors (Lipinski definition) is 5. The summed E-state index contributed by atoms with van der Waals surface area (Å²) in [5, 5.41) is 3.35. The Bertz CT molecular complexity index is 768. The molecule has 4 rings (SSSR count). The van der Waals surface area contributed by atoms with Crippen LogP contribution in [0.3, 0.4) is 0 Å². The molecule has 0 atom stereocenters. The maximum atomic E-state index is 6.23. The Morgan fingerprint density at radius 3 is 2.60 bits per heavy atom. The maximum absolute atomic E-state index is 6.23. The summed E-state index contributed by atoms with van der Waals surface area (Å²) in [5.41, 5.74) is 3.17. The van der Waals surface area contributed by atoms with Crippen LogP contribution in [-0.2, 0) is 11.3 Å². The van der Waals surface area contributed by atoms with Crippen LogP contribution in [0.25, 0.3) is 11.1 Å². The number of nitrogens with one attached hydrogen (secondary N) is 1. The van der Waals surface area contributed by atoms with Crippen molar-refractivity contribution < 1.29 is 18.9 Å². The molecule has 1 fully saturated rings. The SMILES string of the molecule is COc1ccc(-c2ccc3c(c2)COC2(CCNCC2)O3)c(OC)c1. The number of methoxy groups -OCH3 is 2. The summed E-state index contributed by atoms with van der Waals surface area (Å²) >= 11 is 0. The van der Waals surface area contributed by atoms with E-state index in [1.54, 1.807) is 14.2 Å². The van der Waals surface area contributed by atoms with Crippen molar-refractivity contribution in [1.29, 1.82) is 0 Å². The van der Waals surface area contributed by atoms with E-state index in [-0.39, 0.29) is 0 Å². The second kappa shape index (κ2) is 6.58. The standard InChI is InChI=1S/C20H23NO4/c1-22-16-4-5-17(19(12-16)23-2)14-3-6-18-15(11-14)13-24-20(25-18)7-9-21-10-8-20/h3-6,11-12,21H,7-10,13H2,1-2H3. The summed E-state index contributed by atoms with van der Waals surface area (Å²) in [4.78, 5) is 0. The van der Waals surface area contributed by atoms with E-state index < -0.39 is 5.79 Å². The zero-order valence-corrected chi connectivity index (χ0v) is 14.6. The molecule has 2 heterocycles. The Morgan fingerprint density at radius 1 is 1.00 bits per heavy atom. The largest absolute Gasteiger partial charge is 0.497 e. The predicted molar refractivity (Wildman–Crippen MR) is 95.2 cm³/mol. The molecule has 0 aromatic heterocycles. The van der Waals surface area contributed by atoms with E-state index >= 15 is 0 Å². The monoisotopic (exact) mass is 341 g/mol. The van der Waals surface area contributed by atoms with Crippen LogP contribution in [0.5, 0.6) is 17.2 Å². The van der Waals surface area contributed by atoms with Gasteiger partial charge in [0.15, 0.2) is 0 Å². The lowest BCUT2D eigenvalue weighted by Gasteiger charge is -2.41. The summed E-state index contributed by atoms with van der Waals surface area (Å²) in [5.74, 6) is 2.02. The van der Waals surface area contributed by atoms with E-state index in [2.05, 4.69) is 17.4 Å². The van der Waals surface area contributed by atoms with Gasteiger partial charge >= 0.3 is 0 Å². The third kappa shape index (κ3) is 3.05. The minimum Gasteiger partial charge on any atom is -0.497 e. The molecule has 1 N–H and O–H groups in total. The first-order chi connectivity index (χ1) is 12.2. The molecule has 0 bridgehead atoms. The highest BCUT2D eigenvalue weighted by Gasteiger charge is 2.38. The van der Waals surface area contributed by atoms with Crippen LogP contribution in [-0.4, -0.2) is 33.1 Å². The Balaban J connectivity index is 1.64. The van der Waals surface area contributed by atoms with Gasteiger partial charge in [-0.15, -0.1) is 0 Å². The zero-order chi connectivity index (χ0) is 17.3. The van der Waals surface area contributed by atoms with Crippen molar-refractivity contribution in [3.8, 4) is 28.4 Å². The van der Waals surface area contributed by atoms with Crippen LogP contribution < -0.4 is 19.5 Å². The average Bonchev–Trinajstić information content (AvgIpc) is 2.67. The van der Waals surface area contributed by atoms with Gasteiger partial charge in [0, 0.05) is 43.1 Å². The Labute approximate surface area is 147 Å². The molecule has 25 heavy (non-hydrogen) atoms. The summed E-state index contributed by atoms with van der Waals surface area (Å²) in [6, 6.07) is 12.1. The number of benzene rings is 2. The van der Waals surface area contributed by atoms with E-state index in [1.807, 2.05) is 24.3 Å². The van der Waals surface area contributed by atoms with Gasteiger partial charge in [0.05, 0.1) is 20.8 Å². The van der Waals surface area contributed by atoms with Gasteiger partial charge in [-0.2, -0.15) is 0 Å². The first kappa shape index (κ1) is 16.2. The Morgan fingerprint density at radius 2 is 1.84 bits per heavy atom. The topological polar surface area (TPSA) is 49.0 Å². The number of ether oxygens (including phenoxy) is 4. The maximum Gasteiger partial charge on any atom is 0.213 e. The molecule has 132 valence electrons. The van der Waals surface area contributed by atoms with Crippen LogP contribution in [0.4, 0.5) is 0 Å². The Kier molecular flexibility index (Phi) is 4.27. The highest BCUT2D eigenvalue weighted by Crippen LogP contribution is 2.40. The third-order valence-electron chi connectivity index (χ3n) is 4.93. The molecule has 0 unspecified atom stereocenters. The smallest absolute Gasteiger partial charge is 0.213 e. The number of fused-ring (bicyclic) bond motifs is 1. The predicted octanol–water partition coefficient (Wildman–Crippen LogP) is 3.36. The van der Waals surface area contributed by atoms with E-state index in [4.69, 9.17) is 18.9 Å². The van der Waals surface area contributed by atoms with Crippen LogP contribution in [0.1, 0.15) is 18.4 Å². The van der Waals surface area contributed by atoms with Crippen LogP contribution >= 0.6 is 0 Å². The van der Waals surface area contributed by atoms with Crippen molar-refractivity contribution in [2.24, 2.45) is 0 Å². The number of hydrogen-bond donors (Lipinski definition) is 1. The molecule has 2 aromatic carbocycles. The average molecular weight is 341 g/mol. The molecule has 2 aliphatic heterocycles. The highest BCUT2D eigenvalue weighted by atomic mass is 16.7. The molecule has 0 amide bonds. The van der Waals surface area contributed by atoms with Crippen LogP contribution in [0, 0.1) is 0 Å². The first-order valence-corrected chi connectivity index (χ1v) is 8.62. The molecule has 0 aliphatic carbocycles. The van der Waals surface area contributed by atoms with Crippen molar-refractivity contribution in [3.63, 3.8) is 0 Å². The van der Waals surface area contributed by atoms with Crippen LogP contribution in [0.15, 0.2) is 36.4 Å². The van der Waals surface area contributed by atoms with Crippen molar-refractivity contribution in [3.05, 3.63) is 42.0 Å². The molecular weight excluding hydrogens is 318 g/mol. The third-order valence-corrected chi connectivity index (χ3v) is 4.93. The second-order valence-electron chi connectivity index (χ2n) is 6.44. The van der Waals surface area contributed by atoms with Crippen molar-refractivity contribution in [2.45, 2.75) is 25.2 Å². The summed E-state index contributed by atoms with van der Waals surface area (Å²) in [6.07, 6.45) is 1.75. The lowest BCUT2D eigenvalue weighted by atomic mass is 9.99. The molecule has 0 radical (unpaired) electrons. The van der Waals surface area contributed by atoms with Gasteiger partial charge in [0.2, 0.25) is 5.79 Å². The summed E-state index contributed by atoms with van der Waals surface area (Å²) in [6.45, 7) is 2.43. The van der Waals surface area contributed by atoms with Crippen molar-refractivity contribution in [1.82, 2.24) is 5.32 Å².